The molecule has 0 bridgehead atoms. The van der Waals surface area contributed by atoms with E-state index in [0.717, 1.165) is 31.7 Å². The van der Waals surface area contributed by atoms with E-state index in [1.54, 1.807) is 13.8 Å². The van der Waals surface area contributed by atoms with E-state index in [9.17, 15) is 14.0 Å². The number of esters is 1. The van der Waals surface area contributed by atoms with Crippen molar-refractivity contribution in [3.8, 4) is 0 Å². The molecule has 1 aromatic rings. The summed E-state index contributed by atoms with van der Waals surface area (Å²) >= 11 is 0. The SMILES string of the molecule is CCCCCCC(C)(NC(=O)c1ccnc(F)c1)C(=O)OCC. The maximum atomic E-state index is 13.1. The quantitative estimate of drug-likeness (QED) is 0.430. The number of nitrogens with one attached hydrogen (secondary N) is 1. The maximum absolute atomic E-state index is 13.1. The molecule has 1 aromatic heterocycles. The molecular formula is C17H25FN2O3. The minimum atomic E-state index is -1.12. The van der Waals surface area contributed by atoms with Crippen LogP contribution in [0.1, 0.15) is 63.2 Å². The lowest BCUT2D eigenvalue weighted by atomic mass is 9.93. The van der Waals surface area contributed by atoms with Crippen LogP contribution in [0.2, 0.25) is 0 Å². The minimum Gasteiger partial charge on any atom is -0.464 e. The molecule has 1 unspecified atom stereocenters. The third-order valence-corrected chi connectivity index (χ3v) is 3.63. The van der Waals surface area contributed by atoms with E-state index >= 15 is 0 Å². The molecule has 1 amide bonds. The Kier molecular flexibility index (Phi) is 7.65. The van der Waals surface area contributed by atoms with Crippen molar-refractivity contribution < 1.29 is 18.7 Å². The third-order valence-electron chi connectivity index (χ3n) is 3.63. The van der Waals surface area contributed by atoms with Crippen LogP contribution in [0, 0.1) is 5.95 Å². The summed E-state index contributed by atoms with van der Waals surface area (Å²) in [6, 6.07) is 2.44. The van der Waals surface area contributed by atoms with Crippen molar-refractivity contribution in [3.63, 3.8) is 0 Å². The molecule has 1 rings (SSSR count). The number of aromatic nitrogens is 1. The average Bonchev–Trinajstić information content (AvgIpc) is 2.52. The molecule has 1 atom stereocenters. The topological polar surface area (TPSA) is 68.3 Å². The fraction of sp³-hybridized carbons (Fsp3) is 0.588. The van der Waals surface area contributed by atoms with Crippen molar-refractivity contribution in [2.45, 2.75) is 58.4 Å². The van der Waals surface area contributed by atoms with Crippen molar-refractivity contribution >= 4 is 11.9 Å². The van der Waals surface area contributed by atoms with Crippen LogP contribution in [0.15, 0.2) is 18.3 Å². The number of carbonyl (C=O) groups excluding carboxylic acids is 2. The van der Waals surface area contributed by atoms with Gasteiger partial charge in [0, 0.05) is 17.8 Å². The highest BCUT2D eigenvalue weighted by Gasteiger charge is 2.36. The van der Waals surface area contributed by atoms with Gasteiger partial charge in [-0.1, -0.05) is 32.6 Å². The van der Waals surface area contributed by atoms with Gasteiger partial charge in [-0.3, -0.25) is 4.79 Å². The summed E-state index contributed by atoms with van der Waals surface area (Å²) in [5.41, 5.74) is -0.998. The van der Waals surface area contributed by atoms with Crippen molar-refractivity contribution in [2.24, 2.45) is 0 Å². The Morgan fingerprint density at radius 1 is 1.30 bits per heavy atom. The summed E-state index contributed by atoms with van der Waals surface area (Å²) in [6.07, 6.45) is 5.62. The van der Waals surface area contributed by atoms with Gasteiger partial charge in [0.2, 0.25) is 5.95 Å². The van der Waals surface area contributed by atoms with Crippen LogP contribution < -0.4 is 5.32 Å². The number of rotatable bonds is 9. The van der Waals surface area contributed by atoms with E-state index < -0.39 is 23.4 Å². The molecule has 6 heteroatoms. The first-order valence-electron chi connectivity index (χ1n) is 8.04. The third kappa shape index (κ3) is 5.96. The molecule has 23 heavy (non-hydrogen) atoms. The molecule has 0 radical (unpaired) electrons. The Morgan fingerprint density at radius 3 is 2.65 bits per heavy atom. The largest absolute Gasteiger partial charge is 0.464 e. The normalized spacial score (nSPS) is 13.2. The molecule has 1 heterocycles. The number of hydrogen-bond acceptors (Lipinski definition) is 4. The second-order valence-electron chi connectivity index (χ2n) is 5.68. The van der Waals surface area contributed by atoms with Gasteiger partial charge < -0.3 is 10.1 Å². The minimum absolute atomic E-state index is 0.126. The highest BCUT2D eigenvalue weighted by atomic mass is 19.1. The molecule has 5 nitrogen and oxygen atoms in total. The van der Waals surface area contributed by atoms with Gasteiger partial charge in [0.1, 0.15) is 5.54 Å². The lowest BCUT2D eigenvalue weighted by molar-refractivity contribution is -0.150. The molecular weight excluding hydrogens is 299 g/mol. The molecule has 0 aliphatic carbocycles. The first-order valence-corrected chi connectivity index (χ1v) is 8.04. The van der Waals surface area contributed by atoms with Crippen molar-refractivity contribution in [1.29, 1.82) is 0 Å². The number of amides is 1. The molecule has 0 aromatic carbocycles. The first kappa shape index (κ1) is 19.1. The van der Waals surface area contributed by atoms with E-state index in [0.29, 0.717) is 6.42 Å². The van der Waals surface area contributed by atoms with Gasteiger partial charge in [0.25, 0.3) is 5.91 Å². The van der Waals surface area contributed by atoms with Crippen LogP contribution in [0.4, 0.5) is 4.39 Å². The zero-order valence-electron chi connectivity index (χ0n) is 14.0. The lowest BCUT2D eigenvalue weighted by Gasteiger charge is -2.28. The number of hydrogen-bond donors (Lipinski definition) is 1. The smallest absolute Gasteiger partial charge is 0.331 e. The summed E-state index contributed by atoms with van der Waals surface area (Å²) in [4.78, 5) is 28.0. The summed E-state index contributed by atoms with van der Waals surface area (Å²) in [6.45, 7) is 5.70. The zero-order chi connectivity index (χ0) is 17.3. The predicted molar refractivity (Wildman–Crippen MR) is 85.5 cm³/mol. The van der Waals surface area contributed by atoms with Gasteiger partial charge in [-0.25, -0.2) is 9.78 Å². The Balaban J connectivity index is 2.82. The monoisotopic (exact) mass is 324 g/mol. The van der Waals surface area contributed by atoms with Crippen molar-refractivity contribution in [3.05, 3.63) is 29.8 Å². The number of pyridine rings is 1. The van der Waals surface area contributed by atoms with Gasteiger partial charge >= 0.3 is 5.97 Å². The van der Waals surface area contributed by atoms with Gasteiger partial charge in [-0.05, 0) is 26.3 Å². The Bertz CT molecular complexity index is 536. The maximum Gasteiger partial charge on any atom is 0.331 e. The number of unbranched alkanes of at least 4 members (excludes halogenated alkanes) is 3. The fourth-order valence-corrected chi connectivity index (χ4v) is 2.28. The first-order chi connectivity index (χ1) is 10.9. The van der Waals surface area contributed by atoms with Crippen LogP contribution in [0.5, 0.6) is 0 Å². The molecule has 1 N–H and O–H groups in total. The molecule has 0 aliphatic rings. The number of carbonyl (C=O) groups is 2. The Labute approximate surface area is 136 Å². The van der Waals surface area contributed by atoms with E-state index in [2.05, 4.69) is 17.2 Å². The van der Waals surface area contributed by atoms with E-state index in [4.69, 9.17) is 4.74 Å². The summed E-state index contributed by atoms with van der Waals surface area (Å²) in [5.74, 6) is -1.73. The highest BCUT2D eigenvalue weighted by Crippen LogP contribution is 2.18. The second kappa shape index (κ2) is 9.22. The lowest BCUT2D eigenvalue weighted by Crippen LogP contribution is -2.53. The summed E-state index contributed by atoms with van der Waals surface area (Å²) in [5, 5.41) is 2.69. The Hall–Kier alpha value is -1.98. The molecule has 0 aliphatic heterocycles. The van der Waals surface area contributed by atoms with Gasteiger partial charge in [0.15, 0.2) is 0 Å². The van der Waals surface area contributed by atoms with Gasteiger partial charge in [-0.2, -0.15) is 4.39 Å². The molecule has 0 saturated carbocycles. The predicted octanol–water partition coefficient (Wildman–Crippen LogP) is 3.24. The van der Waals surface area contributed by atoms with Gasteiger partial charge in [0.05, 0.1) is 6.61 Å². The fourth-order valence-electron chi connectivity index (χ4n) is 2.28. The number of ether oxygens (including phenoxy) is 1. The molecule has 0 spiro atoms. The van der Waals surface area contributed by atoms with Crippen LogP contribution in [-0.4, -0.2) is 29.0 Å². The number of nitrogens with zero attached hydrogens (tertiary/aromatic N) is 1. The standard InChI is InChI=1S/C17H25FN2O3/c1-4-6-7-8-10-17(3,16(22)23-5-2)20-15(21)13-9-11-19-14(18)12-13/h9,11-12H,4-8,10H2,1-3H3,(H,20,21). The highest BCUT2D eigenvalue weighted by molar-refractivity contribution is 5.97. The second-order valence-corrected chi connectivity index (χ2v) is 5.68. The molecule has 128 valence electrons. The van der Waals surface area contributed by atoms with Crippen LogP contribution in [0.3, 0.4) is 0 Å². The summed E-state index contributed by atoms with van der Waals surface area (Å²) < 4.78 is 18.2. The van der Waals surface area contributed by atoms with E-state index in [1.165, 1.54) is 12.3 Å². The average molecular weight is 324 g/mol. The van der Waals surface area contributed by atoms with E-state index in [-0.39, 0.29) is 12.2 Å². The molecule has 0 fully saturated rings. The summed E-state index contributed by atoms with van der Waals surface area (Å²) in [7, 11) is 0. The van der Waals surface area contributed by atoms with Crippen LogP contribution >= 0.6 is 0 Å². The van der Waals surface area contributed by atoms with Crippen molar-refractivity contribution in [1.82, 2.24) is 10.3 Å². The Morgan fingerprint density at radius 2 is 2.04 bits per heavy atom. The zero-order valence-corrected chi connectivity index (χ0v) is 14.0. The van der Waals surface area contributed by atoms with Crippen LogP contribution in [0.25, 0.3) is 0 Å². The van der Waals surface area contributed by atoms with Gasteiger partial charge in [-0.15, -0.1) is 0 Å². The van der Waals surface area contributed by atoms with Crippen LogP contribution in [-0.2, 0) is 9.53 Å². The molecule has 0 saturated heterocycles. The number of halogens is 1. The van der Waals surface area contributed by atoms with E-state index in [1.807, 2.05) is 0 Å². The van der Waals surface area contributed by atoms with Crippen molar-refractivity contribution in [2.75, 3.05) is 6.61 Å².